The Kier molecular flexibility index (Phi) is 7.25. The van der Waals surface area contributed by atoms with E-state index < -0.39 is 42.4 Å². The molecule has 1 rings (SSSR count). The zero-order valence-corrected chi connectivity index (χ0v) is 14.4. The lowest BCUT2D eigenvalue weighted by Gasteiger charge is -2.22. The number of carboxylic acid groups (broad SMARTS) is 1. The first-order valence-corrected chi connectivity index (χ1v) is 7.51. The molecule has 1 atom stereocenters. The van der Waals surface area contributed by atoms with Crippen LogP contribution >= 0.6 is 0 Å². The Morgan fingerprint density at radius 1 is 1.19 bits per heavy atom. The third-order valence-corrected chi connectivity index (χ3v) is 2.73. The quantitative estimate of drug-likeness (QED) is 0.756. The van der Waals surface area contributed by atoms with Crippen molar-refractivity contribution in [1.82, 2.24) is 5.32 Å². The van der Waals surface area contributed by atoms with Gasteiger partial charge in [-0.25, -0.2) is 9.59 Å². The first-order valence-electron chi connectivity index (χ1n) is 7.51. The Morgan fingerprint density at radius 2 is 1.81 bits per heavy atom. The number of rotatable bonds is 7. The number of amides is 1. The Bertz CT molecular complexity index is 627. The number of halogens is 3. The van der Waals surface area contributed by atoms with Crippen LogP contribution in [0.1, 0.15) is 26.3 Å². The number of alkyl carbamates (subject to hydrolysis) is 1. The lowest BCUT2D eigenvalue weighted by Crippen LogP contribution is -2.46. The number of aliphatic carboxylic acids is 1. The van der Waals surface area contributed by atoms with Crippen LogP contribution in [-0.4, -0.2) is 41.8 Å². The highest BCUT2D eigenvalue weighted by Gasteiger charge is 2.32. The lowest BCUT2D eigenvalue weighted by atomic mass is 10.2. The van der Waals surface area contributed by atoms with Gasteiger partial charge in [0, 0.05) is 5.56 Å². The van der Waals surface area contributed by atoms with Gasteiger partial charge in [0.05, 0.1) is 13.2 Å². The maximum absolute atomic E-state index is 12.4. The van der Waals surface area contributed by atoms with Gasteiger partial charge in [0.15, 0.2) is 6.04 Å². The maximum Gasteiger partial charge on any atom is 0.573 e. The highest BCUT2D eigenvalue weighted by molar-refractivity contribution is 5.80. The van der Waals surface area contributed by atoms with Gasteiger partial charge in [0.1, 0.15) is 11.4 Å². The highest BCUT2D eigenvalue weighted by atomic mass is 19.4. The van der Waals surface area contributed by atoms with E-state index in [4.69, 9.17) is 14.6 Å². The molecule has 0 aliphatic carbocycles. The minimum Gasteiger partial charge on any atom is -0.480 e. The van der Waals surface area contributed by atoms with Crippen LogP contribution < -0.4 is 10.1 Å². The fourth-order valence-electron chi connectivity index (χ4n) is 1.76. The summed E-state index contributed by atoms with van der Waals surface area (Å²) in [4.78, 5) is 22.8. The fraction of sp³-hybridized carbons (Fsp3) is 0.500. The van der Waals surface area contributed by atoms with Crippen molar-refractivity contribution in [2.75, 3.05) is 6.61 Å². The molecular weight excluding hydrogens is 359 g/mol. The summed E-state index contributed by atoms with van der Waals surface area (Å²) >= 11 is 0. The van der Waals surface area contributed by atoms with Crippen LogP contribution in [0.15, 0.2) is 24.3 Å². The van der Waals surface area contributed by atoms with E-state index in [-0.39, 0.29) is 12.2 Å². The molecule has 0 saturated heterocycles. The zero-order valence-electron chi connectivity index (χ0n) is 14.4. The van der Waals surface area contributed by atoms with Crippen LogP contribution in [0.4, 0.5) is 18.0 Å². The number of carbonyl (C=O) groups is 2. The number of nitrogens with one attached hydrogen (secondary N) is 1. The van der Waals surface area contributed by atoms with Gasteiger partial charge in [-0.1, -0.05) is 18.2 Å². The molecule has 1 amide bonds. The first kappa shape index (κ1) is 21.6. The predicted octanol–water partition coefficient (Wildman–Crippen LogP) is 3.08. The molecule has 1 aromatic rings. The standard InChI is InChI=1S/C16H20F3NO6/c1-15(2,3)26-14(23)20-11(13(21)22)9-24-8-10-6-4-5-7-12(10)25-16(17,18)19/h4-7,11H,8-9H2,1-3H3,(H,20,23)(H,21,22). The normalized spacial score (nSPS) is 13.0. The fourth-order valence-corrected chi connectivity index (χ4v) is 1.76. The van der Waals surface area contributed by atoms with Crippen LogP contribution in [0, 0.1) is 0 Å². The average molecular weight is 379 g/mol. The molecule has 7 nitrogen and oxygen atoms in total. The molecule has 0 aliphatic heterocycles. The molecule has 2 N–H and O–H groups in total. The monoisotopic (exact) mass is 379 g/mol. The first-order chi connectivity index (χ1) is 11.9. The molecule has 1 aromatic carbocycles. The largest absolute Gasteiger partial charge is 0.573 e. The third kappa shape index (κ3) is 8.56. The minimum absolute atomic E-state index is 0.0752. The minimum atomic E-state index is -4.86. The number of hydrogen-bond acceptors (Lipinski definition) is 5. The smallest absolute Gasteiger partial charge is 0.480 e. The Balaban J connectivity index is 2.64. The topological polar surface area (TPSA) is 94.1 Å². The Morgan fingerprint density at radius 3 is 2.35 bits per heavy atom. The maximum atomic E-state index is 12.4. The second-order valence-electron chi connectivity index (χ2n) is 6.21. The predicted molar refractivity (Wildman–Crippen MR) is 83.6 cm³/mol. The zero-order chi connectivity index (χ0) is 20.0. The van der Waals surface area contributed by atoms with Crippen molar-refractivity contribution in [2.45, 2.75) is 45.4 Å². The van der Waals surface area contributed by atoms with E-state index in [2.05, 4.69) is 10.1 Å². The van der Waals surface area contributed by atoms with Gasteiger partial charge in [-0.15, -0.1) is 13.2 Å². The molecule has 10 heteroatoms. The molecule has 0 saturated carbocycles. The highest BCUT2D eigenvalue weighted by Crippen LogP contribution is 2.26. The van der Waals surface area contributed by atoms with E-state index in [9.17, 15) is 22.8 Å². The van der Waals surface area contributed by atoms with Crippen LogP contribution in [0.5, 0.6) is 5.75 Å². The van der Waals surface area contributed by atoms with Gasteiger partial charge in [-0.3, -0.25) is 0 Å². The molecule has 0 aliphatic rings. The summed E-state index contributed by atoms with van der Waals surface area (Å²) in [7, 11) is 0. The molecule has 0 aromatic heterocycles. The third-order valence-electron chi connectivity index (χ3n) is 2.73. The summed E-state index contributed by atoms with van der Waals surface area (Å²) < 4.78 is 51.0. The second kappa shape index (κ2) is 8.75. The average Bonchev–Trinajstić information content (AvgIpc) is 2.44. The van der Waals surface area contributed by atoms with Crippen LogP contribution in [0.2, 0.25) is 0 Å². The molecule has 0 fully saturated rings. The number of ether oxygens (including phenoxy) is 3. The summed E-state index contributed by atoms with van der Waals surface area (Å²) in [6.07, 6.45) is -5.81. The van der Waals surface area contributed by atoms with E-state index in [0.29, 0.717) is 0 Å². The molecule has 0 bridgehead atoms. The Hall–Kier alpha value is -2.49. The van der Waals surface area contributed by atoms with E-state index in [1.54, 1.807) is 20.8 Å². The van der Waals surface area contributed by atoms with Gasteiger partial charge >= 0.3 is 18.4 Å². The van der Waals surface area contributed by atoms with Crippen LogP contribution in [0.3, 0.4) is 0 Å². The number of hydrogen-bond donors (Lipinski definition) is 2. The van der Waals surface area contributed by atoms with Gasteiger partial charge in [-0.2, -0.15) is 0 Å². The summed E-state index contributed by atoms with van der Waals surface area (Å²) in [6.45, 7) is 4.00. The SMILES string of the molecule is CC(C)(C)OC(=O)NC(COCc1ccccc1OC(F)(F)F)C(=O)O. The summed E-state index contributed by atoms with van der Waals surface area (Å²) in [5.41, 5.74) is -0.742. The molecule has 0 heterocycles. The molecule has 146 valence electrons. The van der Waals surface area contributed by atoms with Gasteiger partial charge in [0.25, 0.3) is 0 Å². The van der Waals surface area contributed by atoms with E-state index in [1.807, 2.05) is 0 Å². The second-order valence-corrected chi connectivity index (χ2v) is 6.21. The molecule has 0 radical (unpaired) electrons. The summed E-state index contributed by atoms with van der Waals surface area (Å²) in [5.74, 6) is -1.83. The number of alkyl halides is 3. The Labute approximate surface area is 148 Å². The van der Waals surface area contributed by atoms with Gasteiger partial charge < -0.3 is 24.6 Å². The van der Waals surface area contributed by atoms with Crippen molar-refractivity contribution >= 4 is 12.1 Å². The molecular formula is C16H20F3NO6. The van der Waals surface area contributed by atoms with Crippen molar-refractivity contribution in [3.63, 3.8) is 0 Å². The van der Waals surface area contributed by atoms with Crippen molar-refractivity contribution in [1.29, 1.82) is 0 Å². The number of benzene rings is 1. The molecule has 0 spiro atoms. The van der Waals surface area contributed by atoms with Gasteiger partial charge in [0.2, 0.25) is 0 Å². The van der Waals surface area contributed by atoms with Crippen molar-refractivity contribution in [3.05, 3.63) is 29.8 Å². The van der Waals surface area contributed by atoms with E-state index in [1.165, 1.54) is 18.2 Å². The summed E-state index contributed by atoms with van der Waals surface area (Å²) in [5, 5.41) is 11.2. The van der Waals surface area contributed by atoms with Crippen molar-refractivity contribution in [2.24, 2.45) is 0 Å². The number of carboxylic acids is 1. The van der Waals surface area contributed by atoms with E-state index >= 15 is 0 Å². The lowest BCUT2D eigenvalue weighted by molar-refractivity contribution is -0.275. The van der Waals surface area contributed by atoms with Gasteiger partial charge in [-0.05, 0) is 26.8 Å². The van der Waals surface area contributed by atoms with Crippen LogP contribution in [0.25, 0.3) is 0 Å². The van der Waals surface area contributed by atoms with Crippen molar-refractivity contribution in [3.8, 4) is 5.75 Å². The number of para-hydroxylation sites is 1. The van der Waals surface area contributed by atoms with E-state index in [0.717, 1.165) is 6.07 Å². The number of carbonyl (C=O) groups excluding carboxylic acids is 1. The molecule has 26 heavy (non-hydrogen) atoms. The molecule has 1 unspecified atom stereocenters. The summed E-state index contributed by atoms with van der Waals surface area (Å²) in [6, 6.07) is 3.86. The van der Waals surface area contributed by atoms with Crippen LogP contribution in [-0.2, 0) is 20.9 Å². The van der Waals surface area contributed by atoms with Crippen molar-refractivity contribution < 1.29 is 42.1 Å².